The number of aromatic amines is 1. The Hall–Kier alpha value is -2.26. The molecule has 0 spiro atoms. The van der Waals surface area contributed by atoms with Crippen molar-refractivity contribution >= 4 is 40.8 Å². The molecule has 31 heavy (non-hydrogen) atoms. The number of rotatable bonds is 11. The zero-order chi connectivity index (χ0) is 23.0. The third-order valence-corrected chi connectivity index (χ3v) is 6.03. The largest absolute Gasteiger partial charge is 0.383 e. The standard InChI is InChI=1S/C21H28ClFN4O3S/c1-3-5-7-11-26(17(28)13-31-14-8-9-16(23)15(22)12-14)18-19(24)27(10-6-4-2)21(30)25-20(18)29/h8-9,12H,3-7,10-11,13,24H2,1-2H3,(H,25,29,30). The minimum Gasteiger partial charge on any atom is -0.383 e. The molecule has 2 rings (SSSR count). The predicted molar refractivity (Wildman–Crippen MR) is 125 cm³/mol. The lowest BCUT2D eigenvalue weighted by atomic mass is 10.2. The summed E-state index contributed by atoms with van der Waals surface area (Å²) >= 11 is 6.99. The van der Waals surface area contributed by atoms with Gasteiger partial charge in [-0.2, -0.15) is 0 Å². The van der Waals surface area contributed by atoms with Crippen molar-refractivity contribution in [3.63, 3.8) is 0 Å². The van der Waals surface area contributed by atoms with Gasteiger partial charge in [0, 0.05) is 18.0 Å². The van der Waals surface area contributed by atoms with E-state index in [0.717, 1.165) is 19.3 Å². The summed E-state index contributed by atoms with van der Waals surface area (Å²) in [5.41, 5.74) is 4.92. The molecule has 1 aromatic heterocycles. The molecule has 10 heteroatoms. The number of amides is 1. The summed E-state index contributed by atoms with van der Waals surface area (Å²) < 4.78 is 14.7. The highest BCUT2D eigenvalue weighted by molar-refractivity contribution is 8.00. The molecule has 0 saturated heterocycles. The molecule has 1 amide bonds. The Kier molecular flexibility index (Phi) is 9.64. The van der Waals surface area contributed by atoms with E-state index in [4.69, 9.17) is 17.3 Å². The fourth-order valence-electron chi connectivity index (χ4n) is 3.05. The van der Waals surface area contributed by atoms with Gasteiger partial charge in [0.25, 0.3) is 5.56 Å². The van der Waals surface area contributed by atoms with Crippen LogP contribution in [0.4, 0.5) is 15.9 Å². The number of hydrogen-bond acceptors (Lipinski definition) is 5. The minimum absolute atomic E-state index is 0.00104. The van der Waals surface area contributed by atoms with Gasteiger partial charge in [0.1, 0.15) is 11.6 Å². The Bertz CT molecular complexity index is 1020. The topological polar surface area (TPSA) is 101 Å². The quantitative estimate of drug-likeness (QED) is 0.381. The van der Waals surface area contributed by atoms with Crippen LogP contribution in [-0.4, -0.2) is 27.8 Å². The third-order valence-electron chi connectivity index (χ3n) is 4.76. The number of nitrogens with one attached hydrogen (secondary N) is 1. The Balaban J connectivity index is 2.34. The summed E-state index contributed by atoms with van der Waals surface area (Å²) in [5.74, 6) is -0.880. The number of nitrogens with zero attached hydrogens (tertiary/aromatic N) is 2. The second-order valence-corrected chi connectivity index (χ2v) is 8.57. The fraction of sp³-hybridized carbons (Fsp3) is 0.476. The summed E-state index contributed by atoms with van der Waals surface area (Å²) in [6, 6.07) is 4.22. The SMILES string of the molecule is CCCCCN(C(=O)CSc1ccc(F)c(Cl)c1)c1c(N)n(CCCC)c(=O)[nH]c1=O. The van der Waals surface area contributed by atoms with Crippen LogP contribution in [0.1, 0.15) is 46.0 Å². The number of thioether (sulfide) groups is 1. The number of unbranched alkanes of at least 4 members (excludes halogenated alkanes) is 3. The first-order chi connectivity index (χ1) is 14.8. The van der Waals surface area contributed by atoms with Crippen LogP contribution < -0.4 is 21.9 Å². The highest BCUT2D eigenvalue weighted by Gasteiger charge is 2.24. The van der Waals surface area contributed by atoms with E-state index in [2.05, 4.69) is 4.98 Å². The monoisotopic (exact) mass is 470 g/mol. The van der Waals surface area contributed by atoms with Crippen LogP contribution in [-0.2, 0) is 11.3 Å². The lowest BCUT2D eigenvalue weighted by molar-refractivity contribution is -0.116. The van der Waals surface area contributed by atoms with E-state index >= 15 is 0 Å². The van der Waals surface area contributed by atoms with Gasteiger partial charge in [0.05, 0.1) is 10.8 Å². The zero-order valence-electron chi connectivity index (χ0n) is 17.7. The van der Waals surface area contributed by atoms with Crippen LogP contribution in [0.3, 0.4) is 0 Å². The van der Waals surface area contributed by atoms with Crippen molar-refractivity contribution in [2.75, 3.05) is 22.9 Å². The molecule has 0 aliphatic heterocycles. The number of anilines is 2. The van der Waals surface area contributed by atoms with Gasteiger partial charge in [-0.25, -0.2) is 9.18 Å². The normalized spacial score (nSPS) is 11.0. The van der Waals surface area contributed by atoms with E-state index in [1.807, 2.05) is 13.8 Å². The van der Waals surface area contributed by atoms with Gasteiger partial charge >= 0.3 is 5.69 Å². The lowest BCUT2D eigenvalue weighted by Crippen LogP contribution is -2.42. The van der Waals surface area contributed by atoms with E-state index in [-0.39, 0.29) is 28.2 Å². The molecule has 0 aliphatic rings. The Morgan fingerprint density at radius 1 is 1.23 bits per heavy atom. The second-order valence-electron chi connectivity index (χ2n) is 7.12. The molecule has 170 valence electrons. The van der Waals surface area contributed by atoms with Crippen LogP contribution in [0.25, 0.3) is 0 Å². The van der Waals surface area contributed by atoms with Crippen LogP contribution in [0, 0.1) is 5.82 Å². The molecular weight excluding hydrogens is 443 g/mol. The smallest absolute Gasteiger partial charge is 0.330 e. The number of carbonyl (C=O) groups is 1. The highest BCUT2D eigenvalue weighted by atomic mass is 35.5. The molecule has 1 heterocycles. The van der Waals surface area contributed by atoms with E-state index in [1.165, 1.54) is 39.4 Å². The number of nitrogen functional groups attached to an aromatic ring is 1. The third kappa shape index (κ3) is 6.61. The summed E-state index contributed by atoms with van der Waals surface area (Å²) in [4.78, 5) is 42.2. The van der Waals surface area contributed by atoms with Crippen LogP contribution in [0.2, 0.25) is 5.02 Å². The van der Waals surface area contributed by atoms with Gasteiger partial charge in [-0.3, -0.25) is 19.1 Å². The Morgan fingerprint density at radius 2 is 1.94 bits per heavy atom. The van der Waals surface area contributed by atoms with Crippen molar-refractivity contribution in [3.8, 4) is 0 Å². The van der Waals surface area contributed by atoms with Gasteiger partial charge in [0.2, 0.25) is 5.91 Å². The second kappa shape index (κ2) is 12.0. The summed E-state index contributed by atoms with van der Waals surface area (Å²) in [7, 11) is 0. The maximum Gasteiger partial charge on any atom is 0.330 e. The molecule has 7 nitrogen and oxygen atoms in total. The zero-order valence-corrected chi connectivity index (χ0v) is 19.3. The number of hydrogen-bond donors (Lipinski definition) is 2. The van der Waals surface area contributed by atoms with E-state index in [1.54, 1.807) is 0 Å². The van der Waals surface area contributed by atoms with Crippen LogP contribution in [0.15, 0.2) is 32.7 Å². The minimum atomic E-state index is -0.685. The fourth-order valence-corrected chi connectivity index (χ4v) is 4.10. The molecule has 0 unspecified atom stereocenters. The molecule has 1 aromatic carbocycles. The molecule has 0 atom stereocenters. The van der Waals surface area contributed by atoms with Gasteiger partial charge in [-0.05, 0) is 31.0 Å². The van der Waals surface area contributed by atoms with Gasteiger partial charge in [-0.15, -0.1) is 11.8 Å². The van der Waals surface area contributed by atoms with Crippen molar-refractivity contribution in [3.05, 3.63) is 49.9 Å². The number of H-pyrrole nitrogens is 1. The molecule has 0 saturated carbocycles. The maximum absolute atomic E-state index is 13.4. The highest BCUT2D eigenvalue weighted by Crippen LogP contribution is 2.26. The number of nitrogens with two attached hydrogens (primary N) is 1. The lowest BCUT2D eigenvalue weighted by Gasteiger charge is -2.24. The van der Waals surface area contributed by atoms with Crippen LogP contribution in [0.5, 0.6) is 0 Å². The van der Waals surface area contributed by atoms with Crippen LogP contribution >= 0.6 is 23.4 Å². The number of aromatic nitrogens is 2. The molecule has 3 N–H and O–H groups in total. The van der Waals surface area contributed by atoms with Crippen molar-refractivity contribution in [2.24, 2.45) is 0 Å². The van der Waals surface area contributed by atoms with Gasteiger partial charge in [0.15, 0.2) is 5.69 Å². The van der Waals surface area contributed by atoms with Crippen molar-refractivity contribution < 1.29 is 9.18 Å². The Labute approximate surface area is 189 Å². The van der Waals surface area contributed by atoms with Gasteiger partial charge in [-0.1, -0.05) is 44.7 Å². The van der Waals surface area contributed by atoms with Crippen molar-refractivity contribution in [1.29, 1.82) is 0 Å². The summed E-state index contributed by atoms with van der Waals surface area (Å²) in [5, 5.41) is -0.0269. The first-order valence-electron chi connectivity index (χ1n) is 10.3. The molecular formula is C21H28ClFN4O3S. The summed E-state index contributed by atoms with van der Waals surface area (Å²) in [6.45, 7) is 4.67. The van der Waals surface area contributed by atoms with Gasteiger partial charge < -0.3 is 10.6 Å². The first-order valence-corrected chi connectivity index (χ1v) is 11.7. The van der Waals surface area contributed by atoms with E-state index < -0.39 is 17.1 Å². The molecule has 0 fully saturated rings. The number of benzene rings is 1. The average Bonchev–Trinajstić information content (AvgIpc) is 2.73. The first kappa shape index (κ1) is 25.0. The van der Waals surface area contributed by atoms with E-state index in [9.17, 15) is 18.8 Å². The average molecular weight is 471 g/mol. The number of carbonyl (C=O) groups excluding carboxylic acids is 1. The molecule has 0 radical (unpaired) electrons. The molecule has 0 aliphatic carbocycles. The van der Waals surface area contributed by atoms with Crippen molar-refractivity contribution in [2.45, 2.75) is 57.4 Å². The molecule has 2 aromatic rings. The Morgan fingerprint density at radius 3 is 2.58 bits per heavy atom. The van der Waals surface area contributed by atoms with E-state index in [0.29, 0.717) is 30.8 Å². The summed E-state index contributed by atoms with van der Waals surface area (Å²) in [6.07, 6.45) is 4.05. The van der Waals surface area contributed by atoms with Crippen molar-refractivity contribution in [1.82, 2.24) is 9.55 Å². The number of halogens is 2. The maximum atomic E-state index is 13.4. The predicted octanol–water partition coefficient (Wildman–Crippen LogP) is 4.03. The molecule has 0 bridgehead atoms.